The molecule has 5 heteroatoms. The molecule has 0 aromatic carbocycles. The SMILES string of the molecule is [Co].[Co].[Co].[Pd].[Pd]. The van der Waals surface area contributed by atoms with Gasteiger partial charge >= 0.3 is 0 Å². The van der Waals surface area contributed by atoms with Gasteiger partial charge < -0.3 is 0 Å². The Morgan fingerprint density at radius 3 is 0.400 bits per heavy atom. The fourth-order valence-electron chi connectivity index (χ4n) is 0. The summed E-state index contributed by atoms with van der Waals surface area (Å²) in [6.45, 7) is 0. The van der Waals surface area contributed by atoms with Gasteiger partial charge in [0.2, 0.25) is 0 Å². The van der Waals surface area contributed by atoms with Crippen LogP contribution in [0, 0.1) is 0 Å². The van der Waals surface area contributed by atoms with Crippen LogP contribution in [0.2, 0.25) is 0 Å². The normalized spacial score (nSPS) is 0. The molecule has 5 heavy (non-hydrogen) atoms. The molecule has 0 bridgehead atoms. The molecule has 0 spiro atoms. The Hall–Kier alpha value is 2.84. The van der Waals surface area contributed by atoms with Gasteiger partial charge in [-0.15, -0.1) is 0 Å². The Kier molecular flexibility index (Phi) is 263. The molecule has 0 aliphatic rings. The molecule has 0 aliphatic carbocycles. The zero-order valence-electron chi connectivity index (χ0n) is 1.63. The van der Waals surface area contributed by atoms with Gasteiger partial charge in [0.05, 0.1) is 0 Å². The van der Waals surface area contributed by atoms with Gasteiger partial charge in [-0.2, -0.15) is 0 Å². The molecule has 0 aromatic rings. The van der Waals surface area contributed by atoms with Gasteiger partial charge in [0, 0.05) is 91.2 Å². The van der Waals surface area contributed by atoms with E-state index in [0.29, 0.717) is 0 Å². The Bertz CT molecular complexity index is 4.85. The molecule has 0 heterocycles. The second kappa shape index (κ2) is 28.9. The van der Waals surface area contributed by atoms with E-state index in [2.05, 4.69) is 0 Å². The van der Waals surface area contributed by atoms with Crippen LogP contribution in [0.4, 0.5) is 0 Å². The van der Waals surface area contributed by atoms with Crippen LogP contribution in [-0.2, 0) is 91.2 Å². The zero-order valence-corrected chi connectivity index (χ0v) is 7.86. The van der Waals surface area contributed by atoms with Crippen molar-refractivity contribution in [1.82, 2.24) is 0 Å². The predicted molar refractivity (Wildman–Crippen MR) is 0 cm³/mol. The van der Waals surface area contributed by atoms with E-state index in [4.69, 9.17) is 0 Å². The number of hydrogen-bond acceptors (Lipinski definition) is 0. The van der Waals surface area contributed by atoms with Gasteiger partial charge in [0.25, 0.3) is 0 Å². The fraction of sp³-hybridized carbons (Fsp3) is 0. The molecule has 0 rings (SSSR count). The van der Waals surface area contributed by atoms with Crippen molar-refractivity contribution in [1.29, 1.82) is 0 Å². The molecule has 0 atom stereocenters. The Labute approximate surface area is 89.9 Å². The van der Waals surface area contributed by atoms with Crippen LogP contribution >= 0.6 is 0 Å². The maximum absolute atomic E-state index is 0. The Morgan fingerprint density at radius 2 is 0.400 bits per heavy atom. The van der Waals surface area contributed by atoms with Crippen molar-refractivity contribution in [3.63, 3.8) is 0 Å². The van der Waals surface area contributed by atoms with Crippen molar-refractivity contribution in [3.8, 4) is 0 Å². The van der Waals surface area contributed by atoms with E-state index in [1.807, 2.05) is 0 Å². The number of hydrogen-bond donors (Lipinski definition) is 0. The first kappa shape index (κ1) is 45.4. The first-order valence-corrected chi connectivity index (χ1v) is 0. The first-order chi connectivity index (χ1) is 0. The molecule has 0 unspecified atom stereocenters. The van der Waals surface area contributed by atoms with E-state index >= 15 is 0 Å². The summed E-state index contributed by atoms with van der Waals surface area (Å²) in [5.74, 6) is 0. The molecule has 0 amide bonds. The van der Waals surface area contributed by atoms with E-state index < -0.39 is 0 Å². The van der Waals surface area contributed by atoms with Crippen LogP contribution in [0.3, 0.4) is 0 Å². The molecule has 0 nitrogen and oxygen atoms in total. The Balaban J connectivity index is 0. The maximum Gasteiger partial charge on any atom is 0 e. The average molecular weight is 390 g/mol. The third-order valence-electron chi connectivity index (χ3n) is 0. The van der Waals surface area contributed by atoms with E-state index in [9.17, 15) is 0 Å². The summed E-state index contributed by atoms with van der Waals surface area (Å²) < 4.78 is 0. The molecule has 47 valence electrons. The summed E-state index contributed by atoms with van der Waals surface area (Å²) in [6, 6.07) is 0. The summed E-state index contributed by atoms with van der Waals surface area (Å²) in [5.41, 5.74) is 0. The van der Waals surface area contributed by atoms with E-state index in [-0.39, 0.29) is 91.2 Å². The molecular weight excluding hydrogens is 390 g/mol. The standard InChI is InChI=1S/3Co.2Pd. The first-order valence-electron chi connectivity index (χ1n) is 0. The van der Waals surface area contributed by atoms with Gasteiger partial charge in [-0.3, -0.25) is 0 Å². The summed E-state index contributed by atoms with van der Waals surface area (Å²) >= 11 is 0. The van der Waals surface area contributed by atoms with Gasteiger partial charge in [0.15, 0.2) is 0 Å². The summed E-state index contributed by atoms with van der Waals surface area (Å²) in [7, 11) is 0. The third kappa shape index (κ3) is 19.9. The largest absolute Gasteiger partial charge is 0 e. The van der Waals surface area contributed by atoms with Gasteiger partial charge in [-0.25, -0.2) is 0 Å². The van der Waals surface area contributed by atoms with Crippen molar-refractivity contribution in [3.05, 3.63) is 0 Å². The van der Waals surface area contributed by atoms with Crippen molar-refractivity contribution in [2.75, 3.05) is 0 Å². The molecular formula is Co3Pd2. The molecule has 0 aliphatic heterocycles. The molecule has 0 saturated carbocycles. The van der Waals surface area contributed by atoms with Crippen molar-refractivity contribution in [2.45, 2.75) is 0 Å². The van der Waals surface area contributed by atoms with Gasteiger partial charge in [-0.1, -0.05) is 0 Å². The predicted octanol–water partition coefficient (Wildman–Crippen LogP) is -0.0125. The van der Waals surface area contributed by atoms with Gasteiger partial charge in [-0.05, 0) is 0 Å². The smallest absolute Gasteiger partial charge is 0 e. The van der Waals surface area contributed by atoms with E-state index in [1.54, 1.807) is 0 Å². The summed E-state index contributed by atoms with van der Waals surface area (Å²) in [6.07, 6.45) is 0. The molecule has 0 N–H and O–H groups in total. The van der Waals surface area contributed by atoms with Crippen LogP contribution in [0.5, 0.6) is 0 Å². The van der Waals surface area contributed by atoms with Crippen LogP contribution in [-0.4, -0.2) is 0 Å². The van der Waals surface area contributed by atoms with Crippen molar-refractivity contribution in [2.24, 2.45) is 0 Å². The topological polar surface area (TPSA) is 0 Å². The maximum atomic E-state index is 0. The van der Waals surface area contributed by atoms with Gasteiger partial charge in [0.1, 0.15) is 0 Å². The van der Waals surface area contributed by atoms with E-state index in [0.717, 1.165) is 0 Å². The quantitative estimate of drug-likeness (QED) is 0.511. The third-order valence-corrected chi connectivity index (χ3v) is 0. The minimum absolute atomic E-state index is 0. The van der Waals surface area contributed by atoms with Crippen molar-refractivity contribution < 1.29 is 91.2 Å². The number of rotatable bonds is 0. The minimum atomic E-state index is 0. The average Bonchev–Trinajstić information content (AvgIpc) is 0. The molecule has 3 radical (unpaired) electrons. The van der Waals surface area contributed by atoms with Crippen molar-refractivity contribution >= 4 is 0 Å². The molecule has 0 aromatic heterocycles. The Morgan fingerprint density at radius 1 is 0.400 bits per heavy atom. The van der Waals surface area contributed by atoms with Crippen LogP contribution in [0.25, 0.3) is 0 Å². The molecule has 0 fully saturated rings. The second-order valence-corrected chi connectivity index (χ2v) is 0. The fourth-order valence-corrected chi connectivity index (χ4v) is 0. The van der Waals surface area contributed by atoms with Crippen LogP contribution in [0.1, 0.15) is 0 Å². The monoisotopic (exact) mass is 389 g/mol. The zero-order chi connectivity index (χ0) is 0. The summed E-state index contributed by atoms with van der Waals surface area (Å²) in [4.78, 5) is 0. The summed E-state index contributed by atoms with van der Waals surface area (Å²) in [5, 5.41) is 0. The van der Waals surface area contributed by atoms with E-state index in [1.165, 1.54) is 0 Å². The minimum Gasteiger partial charge on any atom is 0 e. The van der Waals surface area contributed by atoms with Crippen LogP contribution < -0.4 is 0 Å². The second-order valence-electron chi connectivity index (χ2n) is 0. The molecule has 0 saturated heterocycles. The van der Waals surface area contributed by atoms with Crippen LogP contribution in [0.15, 0.2) is 0 Å².